The number of rotatable bonds is 2. The number of likely N-dealkylation sites (N-methyl/N-ethyl adjacent to an activating group) is 1. The summed E-state index contributed by atoms with van der Waals surface area (Å²) in [5.41, 5.74) is 0. The molecule has 0 aromatic carbocycles. The molecule has 1 aliphatic heterocycles. The van der Waals surface area contributed by atoms with Gasteiger partial charge in [0.05, 0.1) is 6.54 Å². The Kier molecular flexibility index (Phi) is 2.79. The van der Waals surface area contributed by atoms with Crippen LogP contribution in [0.15, 0.2) is 4.34 Å². The Morgan fingerprint density at radius 1 is 1.47 bits per heavy atom. The number of aromatic nitrogens is 2. The molecule has 2 rings (SSSR count). The second kappa shape index (κ2) is 3.89. The van der Waals surface area contributed by atoms with Crippen molar-refractivity contribution >= 4 is 32.3 Å². The number of carbonyl (C=O) groups excluding carboxylic acids is 1. The van der Waals surface area contributed by atoms with Gasteiger partial charge in [-0.1, -0.05) is 11.3 Å². The van der Waals surface area contributed by atoms with Gasteiger partial charge in [-0.2, -0.15) is 0 Å². The Hall–Kier alpha value is -1.26. The summed E-state index contributed by atoms with van der Waals surface area (Å²) in [5, 5.41) is 16.8. The van der Waals surface area contributed by atoms with Crippen molar-refractivity contribution in [2.75, 3.05) is 24.7 Å². The molecular weight excluding hydrogens is 268 g/mol. The number of urea groups is 1. The van der Waals surface area contributed by atoms with E-state index in [0.29, 0.717) is 0 Å². The van der Waals surface area contributed by atoms with E-state index in [2.05, 4.69) is 10.2 Å². The van der Waals surface area contributed by atoms with Gasteiger partial charge < -0.3 is 10.0 Å². The second-order valence-electron chi connectivity index (χ2n) is 3.64. The first-order valence-corrected chi connectivity index (χ1v) is 7.27. The molecule has 8 nitrogen and oxygen atoms in total. The van der Waals surface area contributed by atoms with Crippen molar-refractivity contribution in [1.29, 1.82) is 0 Å². The topological polar surface area (TPSA) is 104 Å². The number of amides is 2. The Labute approximate surface area is 101 Å². The monoisotopic (exact) mass is 278 g/mol. The Morgan fingerprint density at radius 2 is 2.12 bits per heavy atom. The van der Waals surface area contributed by atoms with Crippen LogP contribution < -0.4 is 4.90 Å². The van der Waals surface area contributed by atoms with Gasteiger partial charge in [-0.3, -0.25) is 0 Å². The number of sulfone groups is 1. The number of anilines is 1. The second-order valence-corrected chi connectivity index (χ2v) is 6.78. The van der Waals surface area contributed by atoms with E-state index in [9.17, 15) is 18.3 Å². The predicted molar refractivity (Wildman–Crippen MR) is 59.5 cm³/mol. The summed E-state index contributed by atoms with van der Waals surface area (Å²) in [6.07, 6.45) is -0.0288. The van der Waals surface area contributed by atoms with E-state index in [-0.39, 0.29) is 16.0 Å². The molecule has 1 atom stereocenters. The molecule has 1 aromatic heterocycles. The Bertz CT molecular complexity index is 554. The first-order chi connectivity index (χ1) is 7.80. The van der Waals surface area contributed by atoms with Crippen molar-refractivity contribution in [2.24, 2.45) is 0 Å². The highest BCUT2D eigenvalue weighted by molar-refractivity contribution is 7.92. The van der Waals surface area contributed by atoms with Gasteiger partial charge in [-0.15, -0.1) is 10.2 Å². The SMILES string of the molecule is CN1CC(O)N(c2nnc(S(C)(=O)=O)s2)C1=O. The van der Waals surface area contributed by atoms with Crippen LogP contribution in [-0.4, -0.2) is 60.7 Å². The van der Waals surface area contributed by atoms with Crippen LogP contribution in [-0.2, 0) is 9.84 Å². The lowest BCUT2D eigenvalue weighted by Gasteiger charge is -2.14. The van der Waals surface area contributed by atoms with Crippen LogP contribution in [0.5, 0.6) is 0 Å². The maximum atomic E-state index is 11.7. The highest BCUT2D eigenvalue weighted by atomic mass is 32.2. The van der Waals surface area contributed by atoms with Crippen LogP contribution in [0.2, 0.25) is 0 Å². The van der Waals surface area contributed by atoms with Gasteiger partial charge in [-0.05, 0) is 0 Å². The fourth-order valence-corrected chi connectivity index (χ4v) is 3.01. The van der Waals surface area contributed by atoms with Crippen LogP contribution in [0.4, 0.5) is 9.93 Å². The summed E-state index contributed by atoms with van der Waals surface area (Å²) in [4.78, 5) is 14.0. The Balaban J connectivity index is 2.36. The van der Waals surface area contributed by atoms with Gasteiger partial charge in [0.1, 0.15) is 0 Å². The highest BCUT2D eigenvalue weighted by Gasteiger charge is 2.37. The number of β-amino-alcohol motifs (C(OH)–C–C–N with tert-alkyl or cyclic N) is 1. The van der Waals surface area contributed by atoms with E-state index < -0.39 is 22.1 Å². The van der Waals surface area contributed by atoms with Gasteiger partial charge in [0.2, 0.25) is 19.3 Å². The summed E-state index contributed by atoms with van der Waals surface area (Å²) in [7, 11) is -1.92. The molecule has 0 saturated carbocycles. The molecule has 1 saturated heterocycles. The van der Waals surface area contributed by atoms with Gasteiger partial charge >= 0.3 is 6.03 Å². The number of aliphatic hydroxyl groups is 1. The lowest BCUT2D eigenvalue weighted by atomic mass is 10.5. The van der Waals surface area contributed by atoms with Crippen molar-refractivity contribution in [3.05, 3.63) is 0 Å². The summed E-state index contributed by atoms with van der Waals surface area (Å²) >= 11 is 0.755. The molecular formula is C7H10N4O4S2. The van der Waals surface area contributed by atoms with Gasteiger partial charge in [0.25, 0.3) is 0 Å². The minimum absolute atomic E-state index is 0.0762. The molecule has 1 aromatic rings. The standard InChI is InChI=1S/C7H10N4O4S2/c1-10-3-4(12)11(7(10)13)5-8-9-6(16-5)17(2,14)15/h4,12H,3H2,1-2H3. The number of carbonyl (C=O) groups is 1. The minimum Gasteiger partial charge on any atom is -0.371 e. The van der Waals surface area contributed by atoms with Crippen LogP contribution in [0.3, 0.4) is 0 Å². The maximum Gasteiger partial charge on any atom is 0.328 e. The average molecular weight is 278 g/mol. The largest absolute Gasteiger partial charge is 0.371 e. The zero-order valence-electron chi connectivity index (χ0n) is 9.06. The van der Waals surface area contributed by atoms with E-state index in [1.807, 2.05) is 0 Å². The zero-order chi connectivity index (χ0) is 12.8. The van der Waals surface area contributed by atoms with Crippen LogP contribution in [0, 0.1) is 0 Å². The summed E-state index contributed by atoms with van der Waals surface area (Å²) < 4.78 is 22.3. The van der Waals surface area contributed by atoms with E-state index in [0.717, 1.165) is 22.5 Å². The molecule has 2 heterocycles. The Morgan fingerprint density at radius 3 is 2.53 bits per heavy atom. The third-order valence-electron chi connectivity index (χ3n) is 2.19. The van der Waals surface area contributed by atoms with Crippen LogP contribution >= 0.6 is 11.3 Å². The lowest BCUT2D eigenvalue weighted by molar-refractivity contribution is 0.183. The molecule has 0 aliphatic carbocycles. The van der Waals surface area contributed by atoms with E-state index >= 15 is 0 Å². The molecule has 1 unspecified atom stereocenters. The normalized spacial score (nSPS) is 21.4. The van der Waals surface area contributed by atoms with Crippen molar-refractivity contribution in [3.63, 3.8) is 0 Å². The fourth-order valence-electron chi connectivity index (χ4n) is 1.38. The number of nitrogens with zero attached hydrogens (tertiary/aromatic N) is 4. The number of hydrogen-bond donors (Lipinski definition) is 1. The van der Waals surface area contributed by atoms with Gasteiger partial charge in [-0.25, -0.2) is 18.1 Å². The lowest BCUT2D eigenvalue weighted by Crippen LogP contribution is -2.34. The first kappa shape index (κ1) is 12.2. The molecule has 0 bridgehead atoms. The molecule has 1 fully saturated rings. The van der Waals surface area contributed by atoms with E-state index in [1.165, 1.54) is 11.9 Å². The van der Waals surface area contributed by atoms with Crippen molar-refractivity contribution < 1.29 is 18.3 Å². The third kappa shape index (κ3) is 2.10. The molecule has 2 amide bonds. The minimum atomic E-state index is -3.45. The smallest absolute Gasteiger partial charge is 0.328 e. The fraction of sp³-hybridized carbons (Fsp3) is 0.571. The maximum absolute atomic E-state index is 11.7. The van der Waals surface area contributed by atoms with E-state index in [1.54, 1.807) is 0 Å². The van der Waals surface area contributed by atoms with Crippen LogP contribution in [0.1, 0.15) is 0 Å². The first-order valence-electron chi connectivity index (χ1n) is 4.56. The highest BCUT2D eigenvalue weighted by Crippen LogP contribution is 2.28. The summed E-state index contributed by atoms with van der Waals surface area (Å²) in [6, 6.07) is -0.436. The molecule has 0 spiro atoms. The van der Waals surface area contributed by atoms with E-state index in [4.69, 9.17) is 0 Å². The molecule has 0 radical (unpaired) electrons. The molecule has 1 N–H and O–H groups in total. The summed E-state index contributed by atoms with van der Waals surface area (Å²) in [5.74, 6) is 0. The molecule has 17 heavy (non-hydrogen) atoms. The number of aliphatic hydroxyl groups excluding tert-OH is 1. The number of hydrogen-bond acceptors (Lipinski definition) is 7. The average Bonchev–Trinajstić information content (AvgIpc) is 2.73. The van der Waals surface area contributed by atoms with Crippen molar-refractivity contribution in [1.82, 2.24) is 15.1 Å². The zero-order valence-corrected chi connectivity index (χ0v) is 10.7. The van der Waals surface area contributed by atoms with Crippen molar-refractivity contribution in [3.8, 4) is 0 Å². The van der Waals surface area contributed by atoms with Crippen LogP contribution in [0.25, 0.3) is 0 Å². The predicted octanol–water partition coefficient (Wildman–Crippen LogP) is -0.868. The van der Waals surface area contributed by atoms with Gasteiger partial charge in [0, 0.05) is 13.3 Å². The molecule has 94 valence electrons. The molecule has 10 heteroatoms. The molecule has 1 aliphatic rings. The van der Waals surface area contributed by atoms with Crippen molar-refractivity contribution in [2.45, 2.75) is 10.6 Å². The quantitative estimate of drug-likeness (QED) is 0.705. The van der Waals surface area contributed by atoms with Gasteiger partial charge in [0.15, 0.2) is 6.23 Å². The third-order valence-corrected chi connectivity index (χ3v) is 4.78. The summed E-state index contributed by atoms with van der Waals surface area (Å²) in [6.45, 7) is 0.145.